The number of carbonyl (C=O) groups is 1. The van der Waals surface area contributed by atoms with E-state index in [2.05, 4.69) is 0 Å². The van der Waals surface area contributed by atoms with Crippen molar-refractivity contribution < 1.29 is 27.8 Å². The molecule has 2 atom stereocenters. The van der Waals surface area contributed by atoms with Crippen molar-refractivity contribution in [2.45, 2.75) is 36.9 Å². The third-order valence-electron chi connectivity index (χ3n) is 3.47. The Morgan fingerprint density at radius 1 is 1.43 bits per heavy atom. The Kier molecular flexibility index (Phi) is 4.53. The summed E-state index contributed by atoms with van der Waals surface area (Å²) in [7, 11) is -2.33. The minimum atomic E-state index is -3.68. The van der Waals surface area contributed by atoms with E-state index < -0.39 is 15.8 Å². The monoisotopic (exact) mass is 314 g/mol. The van der Waals surface area contributed by atoms with Crippen LogP contribution in [0.4, 0.5) is 0 Å². The molecule has 7 heteroatoms. The minimum Gasteiger partial charge on any atom is -0.495 e. The van der Waals surface area contributed by atoms with E-state index in [1.165, 1.54) is 19.2 Å². The van der Waals surface area contributed by atoms with E-state index in [1.807, 2.05) is 6.92 Å². The van der Waals surface area contributed by atoms with Gasteiger partial charge in [0.1, 0.15) is 10.6 Å². The van der Waals surface area contributed by atoms with Crippen LogP contribution in [-0.2, 0) is 14.6 Å². The molecule has 0 aromatic heterocycles. The van der Waals surface area contributed by atoms with Crippen LogP contribution in [0, 0.1) is 0 Å². The molecule has 0 spiro atoms. The number of aromatic carboxylic acids is 1. The summed E-state index contributed by atoms with van der Waals surface area (Å²) in [6, 6.07) is 3.80. The van der Waals surface area contributed by atoms with E-state index in [0.717, 1.165) is 12.5 Å². The summed E-state index contributed by atoms with van der Waals surface area (Å²) in [6.07, 6.45) is 1.20. The van der Waals surface area contributed by atoms with Crippen molar-refractivity contribution >= 4 is 15.8 Å². The Bertz CT molecular complexity index is 637. The molecule has 116 valence electrons. The Balaban J connectivity index is 2.33. The molecule has 1 aliphatic heterocycles. The quantitative estimate of drug-likeness (QED) is 0.890. The van der Waals surface area contributed by atoms with Crippen molar-refractivity contribution in [3.63, 3.8) is 0 Å². The van der Waals surface area contributed by atoms with E-state index in [4.69, 9.17) is 14.6 Å². The van der Waals surface area contributed by atoms with Gasteiger partial charge in [0.25, 0.3) is 0 Å². The van der Waals surface area contributed by atoms with E-state index in [-0.39, 0.29) is 34.2 Å². The zero-order chi connectivity index (χ0) is 15.6. The first-order chi connectivity index (χ1) is 9.83. The molecule has 21 heavy (non-hydrogen) atoms. The number of benzene rings is 1. The van der Waals surface area contributed by atoms with Gasteiger partial charge in [0.05, 0.1) is 30.6 Å². The highest BCUT2D eigenvalue weighted by Gasteiger charge is 2.30. The SMILES string of the molecule is COc1ccc(C(=O)O)cc1S(=O)(=O)CC1CCC(C)O1. The Morgan fingerprint density at radius 2 is 2.14 bits per heavy atom. The molecule has 6 nitrogen and oxygen atoms in total. The van der Waals surface area contributed by atoms with Crippen LogP contribution in [0.25, 0.3) is 0 Å². The van der Waals surface area contributed by atoms with Crippen molar-refractivity contribution in [3.8, 4) is 5.75 Å². The molecule has 0 radical (unpaired) electrons. The van der Waals surface area contributed by atoms with Gasteiger partial charge < -0.3 is 14.6 Å². The lowest BCUT2D eigenvalue weighted by Crippen LogP contribution is -2.22. The van der Waals surface area contributed by atoms with Crippen LogP contribution in [0.1, 0.15) is 30.1 Å². The number of carboxylic acid groups (broad SMARTS) is 1. The van der Waals surface area contributed by atoms with E-state index >= 15 is 0 Å². The standard InChI is InChI=1S/C14H18O6S/c1-9-3-5-11(20-9)8-21(17,18)13-7-10(14(15)16)4-6-12(13)19-2/h4,6-7,9,11H,3,5,8H2,1-2H3,(H,15,16). The first kappa shape index (κ1) is 15.8. The van der Waals surface area contributed by atoms with Crippen LogP contribution in [0.5, 0.6) is 5.75 Å². The number of ether oxygens (including phenoxy) is 2. The number of rotatable bonds is 5. The molecule has 2 unspecified atom stereocenters. The fourth-order valence-electron chi connectivity index (χ4n) is 2.40. The van der Waals surface area contributed by atoms with Crippen LogP contribution >= 0.6 is 0 Å². The second kappa shape index (κ2) is 6.03. The molecule has 1 heterocycles. The summed E-state index contributed by atoms with van der Waals surface area (Å²) in [4.78, 5) is 10.9. The summed E-state index contributed by atoms with van der Waals surface area (Å²) in [5.41, 5.74) is -0.0879. The maximum absolute atomic E-state index is 12.5. The average Bonchev–Trinajstić information content (AvgIpc) is 2.82. The topological polar surface area (TPSA) is 89.9 Å². The van der Waals surface area contributed by atoms with Crippen molar-refractivity contribution in [3.05, 3.63) is 23.8 Å². The Morgan fingerprint density at radius 3 is 2.67 bits per heavy atom. The first-order valence-electron chi connectivity index (χ1n) is 6.63. The van der Waals surface area contributed by atoms with Crippen LogP contribution in [0.15, 0.2) is 23.1 Å². The Labute approximate surface area is 123 Å². The fraction of sp³-hybridized carbons (Fsp3) is 0.500. The maximum Gasteiger partial charge on any atom is 0.335 e. The summed E-state index contributed by atoms with van der Waals surface area (Å²) in [5.74, 6) is -1.21. The van der Waals surface area contributed by atoms with Gasteiger partial charge in [-0.3, -0.25) is 0 Å². The average molecular weight is 314 g/mol. The molecule has 1 aromatic rings. The molecule has 2 rings (SSSR count). The first-order valence-corrected chi connectivity index (χ1v) is 8.28. The van der Waals surface area contributed by atoms with E-state index in [0.29, 0.717) is 6.42 Å². The third-order valence-corrected chi connectivity index (χ3v) is 5.27. The molecule has 0 amide bonds. The molecule has 1 saturated heterocycles. The van der Waals surface area contributed by atoms with Gasteiger partial charge in [-0.15, -0.1) is 0 Å². The maximum atomic E-state index is 12.5. The molecule has 0 saturated carbocycles. The van der Waals surface area contributed by atoms with Crippen molar-refractivity contribution in [2.75, 3.05) is 12.9 Å². The zero-order valence-corrected chi connectivity index (χ0v) is 12.7. The molecule has 1 fully saturated rings. The van der Waals surface area contributed by atoms with Crippen LogP contribution in [0.3, 0.4) is 0 Å². The smallest absolute Gasteiger partial charge is 0.335 e. The summed E-state index contributed by atoms with van der Waals surface area (Å²) >= 11 is 0. The highest BCUT2D eigenvalue weighted by molar-refractivity contribution is 7.91. The van der Waals surface area contributed by atoms with Crippen molar-refractivity contribution in [1.29, 1.82) is 0 Å². The van der Waals surface area contributed by atoms with Gasteiger partial charge in [-0.25, -0.2) is 13.2 Å². The number of methoxy groups -OCH3 is 1. The highest BCUT2D eigenvalue weighted by Crippen LogP contribution is 2.29. The van der Waals surface area contributed by atoms with Gasteiger partial charge in [0.2, 0.25) is 0 Å². The molecule has 0 aliphatic carbocycles. The van der Waals surface area contributed by atoms with E-state index in [1.54, 1.807) is 0 Å². The van der Waals surface area contributed by atoms with Crippen LogP contribution < -0.4 is 4.74 Å². The number of sulfone groups is 1. The molecule has 1 aromatic carbocycles. The van der Waals surface area contributed by atoms with Gasteiger partial charge in [-0.1, -0.05) is 0 Å². The minimum absolute atomic E-state index is 0.0532. The molecular formula is C14H18O6S. The second-order valence-corrected chi connectivity index (χ2v) is 7.10. The van der Waals surface area contributed by atoms with Gasteiger partial charge in [-0.05, 0) is 38.0 Å². The third kappa shape index (κ3) is 3.54. The lowest BCUT2D eigenvalue weighted by Gasteiger charge is -2.14. The van der Waals surface area contributed by atoms with Gasteiger partial charge >= 0.3 is 5.97 Å². The number of hydrogen-bond acceptors (Lipinski definition) is 5. The largest absolute Gasteiger partial charge is 0.495 e. The predicted molar refractivity (Wildman–Crippen MR) is 75.6 cm³/mol. The predicted octanol–water partition coefficient (Wildman–Crippen LogP) is 1.73. The molecule has 1 aliphatic rings. The van der Waals surface area contributed by atoms with Gasteiger partial charge in [0.15, 0.2) is 9.84 Å². The summed E-state index contributed by atoms with van der Waals surface area (Å²) < 4.78 is 35.6. The van der Waals surface area contributed by atoms with Gasteiger partial charge in [-0.2, -0.15) is 0 Å². The van der Waals surface area contributed by atoms with Crippen LogP contribution in [-0.4, -0.2) is 44.6 Å². The van der Waals surface area contributed by atoms with Crippen LogP contribution in [0.2, 0.25) is 0 Å². The van der Waals surface area contributed by atoms with E-state index in [9.17, 15) is 13.2 Å². The molecular weight excluding hydrogens is 296 g/mol. The highest BCUT2D eigenvalue weighted by atomic mass is 32.2. The van der Waals surface area contributed by atoms with Crippen molar-refractivity contribution in [2.24, 2.45) is 0 Å². The summed E-state index contributed by atoms with van der Waals surface area (Å²) in [6.45, 7) is 1.90. The second-order valence-electron chi connectivity index (χ2n) is 5.10. The number of carboxylic acids is 1. The van der Waals surface area contributed by atoms with Gasteiger partial charge in [0, 0.05) is 0 Å². The normalized spacial score (nSPS) is 22.2. The van der Waals surface area contributed by atoms with Crippen molar-refractivity contribution in [1.82, 2.24) is 0 Å². The number of hydrogen-bond donors (Lipinski definition) is 1. The zero-order valence-electron chi connectivity index (χ0n) is 11.9. The molecule has 1 N–H and O–H groups in total. The lowest BCUT2D eigenvalue weighted by molar-refractivity contribution is 0.0688. The Hall–Kier alpha value is -1.60. The summed E-state index contributed by atoms with van der Waals surface area (Å²) in [5, 5.41) is 9.00. The molecule has 0 bridgehead atoms. The lowest BCUT2D eigenvalue weighted by atomic mass is 10.2. The fourth-order valence-corrected chi connectivity index (χ4v) is 4.07.